The van der Waals surface area contributed by atoms with Crippen molar-refractivity contribution < 1.29 is 18.0 Å². The number of carbonyl (C=O) groups is 1. The summed E-state index contributed by atoms with van der Waals surface area (Å²) in [4.78, 5) is 18.1. The summed E-state index contributed by atoms with van der Waals surface area (Å²) >= 11 is 0. The van der Waals surface area contributed by atoms with Gasteiger partial charge in [0.05, 0.1) is 17.8 Å². The van der Waals surface area contributed by atoms with Crippen molar-refractivity contribution in [2.75, 3.05) is 0 Å². The van der Waals surface area contributed by atoms with E-state index in [2.05, 4.69) is 9.98 Å². The molecule has 3 nitrogen and oxygen atoms in total. The smallest absolute Gasteiger partial charge is 0.359 e. The number of ketones is 1. The van der Waals surface area contributed by atoms with Crippen molar-refractivity contribution in [2.45, 2.75) is 19.5 Å². The summed E-state index contributed by atoms with van der Waals surface area (Å²) in [6.07, 6.45) is -3.96. The van der Waals surface area contributed by atoms with Crippen LogP contribution in [0.4, 0.5) is 18.9 Å². The van der Waals surface area contributed by atoms with Crippen molar-refractivity contribution in [3.63, 3.8) is 0 Å². The van der Waals surface area contributed by atoms with Crippen molar-refractivity contribution in [3.05, 3.63) is 53.9 Å². The SMILES string of the molecule is Cc1ccccc1N=C(CC(=O)c1ccc[nH]1)C(F)(F)F. The maximum atomic E-state index is 13.0. The monoisotopic (exact) mass is 294 g/mol. The standard InChI is InChI=1S/C15H13F3N2O/c1-10-5-2-3-6-11(10)20-14(15(16,17)18)9-13(21)12-7-4-8-19-12/h2-8,19H,9H2,1H3. The molecule has 2 rings (SSSR count). The molecule has 1 N–H and O–H groups in total. The van der Waals surface area contributed by atoms with Gasteiger partial charge in [0.2, 0.25) is 0 Å². The second-order valence-corrected chi connectivity index (χ2v) is 4.53. The van der Waals surface area contributed by atoms with Crippen molar-refractivity contribution in [2.24, 2.45) is 4.99 Å². The van der Waals surface area contributed by atoms with E-state index in [9.17, 15) is 18.0 Å². The second kappa shape index (κ2) is 5.95. The van der Waals surface area contributed by atoms with Crippen LogP contribution in [0.5, 0.6) is 0 Å². The molecule has 2 aromatic rings. The van der Waals surface area contributed by atoms with Crippen molar-refractivity contribution in [1.82, 2.24) is 4.98 Å². The molecule has 0 spiro atoms. The molecule has 1 heterocycles. The van der Waals surface area contributed by atoms with E-state index in [4.69, 9.17) is 0 Å². The van der Waals surface area contributed by atoms with E-state index >= 15 is 0 Å². The molecule has 0 saturated heterocycles. The Bertz CT molecular complexity index is 658. The van der Waals surface area contributed by atoms with Crippen LogP contribution < -0.4 is 0 Å². The number of para-hydroxylation sites is 1. The highest BCUT2D eigenvalue weighted by Crippen LogP contribution is 2.26. The number of nitrogens with zero attached hydrogens (tertiary/aromatic N) is 1. The van der Waals surface area contributed by atoms with Gasteiger partial charge in [-0.25, -0.2) is 4.99 Å². The first-order chi connectivity index (χ1) is 9.88. The molecule has 0 aliphatic heterocycles. The number of hydrogen-bond donors (Lipinski definition) is 1. The Morgan fingerprint density at radius 3 is 2.48 bits per heavy atom. The maximum absolute atomic E-state index is 13.0. The van der Waals surface area contributed by atoms with Crippen LogP contribution in [0.1, 0.15) is 22.5 Å². The number of hydrogen-bond acceptors (Lipinski definition) is 2. The molecule has 0 aliphatic carbocycles. The molecule has 1 aromatic carbocycles. The molecule has 0 radical (unpaired) electrons. The number of nitrogens with one attached hydrogen (secondary N) is 1. The Labute approximate surface area is 119 Å². The van der Waals surface area contributed by atoms with E-state index in [1.54, 1.807) is 31.2 Å². The molecular formula is C15H13F3N2O. The van der Waals surface area contributed by atoms with Gasteiger partial charge >= 0.3 is 6.18 Å². The van der Waals surface area contributed by atoms with Gasteiger partial charge in [-0.15, -0.1) is 0 Å². The molecule has 0 unspecified atom stereocenters. The number of benzene rings is 1. The Balaban J connectivity index is 2.32. The minimum absolute atomic E-state index is 0.136. The van der Waals surface area contributed by atoms with E-state index in [0.29, 0.717) is 5.56 Å². The highest BCUT2D eigenvalue weighted by atomic mass is 19.4. The first kappa shape index (κ1) is 15.0. The molecule has 110 valence electrons. The minimum Gasteiger partial charge on any atom is -0.359 e. The summed E-state index contributed by atoms with van der Waals surface area (Å²) in [7, 11) is 0. The minimum atomic E-state index is -4.65. The summed E-state index contributed by atoms with van der Waals surface area (Å²) in [5, 5.41) is 0. The van der Waals surface area contributed by atoms with Crippen LogP contribution in [0.15, 0.2) is 47.6 Å². The largest absolute Gasteiger partial charge is 0.429 e. The molecular weight excluding hydrogens is 281 g/mol. The van der Waals surface area contributed by atoms with Crippen LogP contribution in [0, 0.1) is 6.92 Å². The lowest BCUT2D eigenvalue weighted by Gasteiger charge is -2.10. The topological polar surface area (TPSA) is 45.2 Å². The lowest BCUT2D eigenvalue weighted by Crippen LogP contribution is -2.25. The Hall–Kier alpha value is -2.37. The van der Waals surface area contributed by atoms with Crippen LogP contribution in [0.2, 0.25) is 0 Å². The van der Waals surface area contributed by atoms with E-state index in [1.165, 1.54) is 18.3 Å². The predicted molar refractivity (Wildman–Crippen MR) is 74.1 cm³/mol. The van der Waals surface area contributed by atoms with Crippen molar-refractivity contribution in [1.29, 1.82) is 0 Å². The van der Waals surface area contributed by atoms with Crippen LogP contribution in [-0.4, -0.2) is 22.7 Å². The average Bonchev–Trinajstić information content (AvgIpc) is 2.93. The van der Waals surface area contributed by atoms with E-state index in [1.807, 2.05) is 0 Å². The van der Waals surface area contributed by atoms with Crippen LogP contribution in [-0.2, 0) is 0 Å². The molecule has 1 aromatic heterocycles. The Morgan fingerprint density at radius 1 is 1.19 bits per heavy atom. The van der Waals surface area contributed by atoms with Crippen LogP contribution in [0.3, 0.4) is 0 Å². The first-order valence-corrected chi connectivity index (χ1v) is 6.25. The lowest BCUT2D eigenvalue weighted by molar-refractivity contribution is -0.0601. The Kier molecular flexibility index (Phi) is 4.26. The zero-order valence-electron chi connectivity index (χ0n) is 11.2. The fraction of sp³-hybridized carbons (Fsp3) is 0.200. The number of rotatable bonds is 4. The third kappa shape index (κ3) is 3.81. The summed E-state index contributed by atoms with van der Waals surface area (Å²) in [6, 6.07) is 9.46. The second-order valence-electron chi connectivity index (χ2n) is 4.53. The predicted octanol–water partition coefficient (Wildman–Crippen LogP) is 4.23. The summed E-state index contributed by atoms with van der Waals surface area (Å²) in [5.41, 5.74) is -0.135. The van der Waals surface area contributed by atoms with Crippen LogP contribution >= 0.6 is 0 Å². The molecule has 0 fully saturated rings. The molecule has 0 saturated carbocycles. The molecule has 21 heavy (non-hydrogen) atoms. The third-order valence-corrected chi connectivity index (χ3v) is 2.92. The van der Waals surface area contributed by atoms with Crippen molar-refractivity contribution in [3.8, 4) is 0 Å². The molecule has 0 atom stereocenters. The van der Waals surface area contributed by atoms with Crippen LogP contribution in [0.25, 0.3) is 0 Å². The van der Waals surface area contributed by atoms with Gasteiger partial charge in [-0.3, -0.25) is 4.79 Å². The molecule has 0 amide bonds. The number of aromatic amines is 1. The number of alkyl halides is 3. The van der Waals surface area contributed by atoms with Gasteiger partial charge < -0.3 is 4.98 Å². The van der Waals surface area contributed by atoms with Gasteiger partial charge in [-0.05, 0) is 30.7 Å². The number of H-pyrrole nitrogens is 1. The fourth-order valence-electron chi connectivity index (χ4n) is 1.79. The number of carbonyl (C=O) groups excluding carboxylic acids is 1. The van der Waals surface area contributed by atoms with E-state index < -0.39 is 24.1 Å². The van der Waals surface area contributed by atoms with Crippen molar-refractivity contribution >= 4 is 17.2 Å². The zero-order valence-corrected chi connectivity index (χ0v) is 11.2. The van der Waals surface area contributed by atoms with E-state index in [0.717, 1.165) is 0 Å². The number of Topliss-reactive ketones (excluding diaryl/α,β-unsaturated/α-hetero) is 1. The fourth-order valence-corrected chi connectivity index (χ4v) is 1.79. The number of aromatic nitrogens is 1. The molecule has 0 aliphatic rings. The van der Waals surface area contributed by atoms with E-state index in [-0.39, 0.29) is 11.4 Å². The highest BCUT2D eigenvalue weighted by Gasteiger charge is 2.37. The third-order valence-electron chi connectivity index (χ3n) is 2.92. The summed E-state index contributed by atoms with van der Waals surface area (Å²) < 4.78 is 39.1. The van der Waals surface area contributed by atoms with Gasteiger partial charge in [0.1, 0.15) is 5.71 Å². The number of aliphatic imine (C=N–C) groups is 1. The number of aryl methyl sites for hydroxylation is 1. The van der Waals surface area contributed by atoms with Gasteiger partial charge in [0.15, 0.2) is 5.78 Å². The maximum Gasteiger partial charge on any atom is 0.429 e. The highest BCUT2D eigenvalue weighted by molar-refractivity contribution is 6.11. The van der Waals surface area contributed by atoms with Gasteiger partial charge in [0, 0.05) is 6.20 Å². The molecule has 0 bridgehead atoms. The first-order valence-electron chi connectivity index (χ1n) is 6.25. The summed E-state index contributed by atoms with van der Waals surface area (Å²) in [5.74, 6) is -0.648. The van der Waals surface area contributed by atoms with Gasteiger partial charge in [0.25, 0.3) is 0 Å². The Morgan fingerprint density at radius 2 is 1.90 bits per heavy atom. The molecule has 6 heteroatoms. The lowest BCUT2D eigenvalue weighted by atomic mass is 10.1. The van der Waals surface area contributed by atoms with Gasteiger partial charge in [-0.2, -0.15) is 13.2 Å². The zero-order chi connectivity index (χ0) is 15.5. The number of halogens is 3. The average molecular weight is 294 g/mol. The van der Waals surface area contributed by atoms with Gasteiger partial charge in [-0.1, -0.05) is 18.2 Å². The normalized spacial score (nSPS) is 12.5. The quantitative estimate of drug-likeness (QED) is 0.665. The summed E-state index contributed by atoms with van der Waals surface area (Å²) in [6.45, 7) is 1.67.